The molecule has 1 heterocycles. The van der Waals surface area contributed by atoms with Crippen molar-refractivity contribution in [2.75, 3.05) is 13.1 Å². The maximum Gasteiger partial charge on any atom is 0.253 e. The van der Waals surface area contributed by atoms with Gasteiger partial charge in [-0.1, -0.05) is 11.6 Å². The first kappa shape index (κ1) is 13.3. The summed E-state index contributed by atoms with van der Waals surface area (Å²) < 4.78 is 22.4. The molecule has 0 aliphatic carbocycles. The number of nitrogens with two attached hydrogens (primary N) is 1. The number of hydrogen-bond donors (Lipinski definition) is 1. The number of rotatable bonds is 2. The van der Waals surface area contributed by atoms with E-state index in [0.717, 1.165) is 0 Å². The van der Waals surface area contributed by atoms with Gasteiger partial charge in [-0.05, 0) is 30.7 Å². The van der Waals surface area contributed by atoms with Crippen molar-refractivity contribution in [3.05, 3.63) is 34.9 Å². The molecule has 7 heteroatoms. The Labute approximate surface area is 111 Å². The fourth-order valence-electron chi connectivity index (χ4n) is 1.96. The van der Waals surface area contributed by atoms with Crippen LogP contribution in [0.4, 0.5) is 0 Å². The first-order valence-electron chi connectivity index (χ1n) is 5.44. The van der Waals surface area contributed by atoms with Gasteiger partial charge in [-0.3, -0.25) is 4.79 Å². The smallest absolute Gasteiger partial charge is 0.253 e. The van der Waals surface area contributed by atoms with Gasteiger partial charge in [-0.2, -0.15) is 0 Å². The molecule has 98 valence electrons. The number of likely N-dealkylation sites (tertiary alicyclic amines) is 1. The molecule has 1 unspecified atom stereocenters. The van der Waals surface area contributed by atoms with E-state index in [-0.39, 0.29) is 12.5 Å². The van der Waals surface area contributed by atoms with Crippen LogP contribution in [0, 0.1) is 0 Å². The second kappa shape index (κ2) is 4.87. The zero-order valence-corrected chi connectivity index (χ0v) is 11.1. The summed E-state index contributed by atoms with van der Waals surface area (Å²) >= 11 is 5.74. The van der Waals surface area contributed by atoms with Crippen molar-refractivity contribution in [3.63, 3.8) is 0 Å². The molecule has 1 amide bonds. The largest absolute Gasteiger partial charge is 0.337 e. The predicted octanol–water partition coefficient (Wildman–Crippen LogP) is 0.843. The molecule has 0 bridgehead atoms. The summed E-state index contributed by atoms with van der Waals surface area (Å²) in [5.74, 6) is -0.196. The van der Waals surface area contributed by atoms with E-state index in [1.807, 2.05) is 0 Å². The number of carbonyl (C=O) groups excluding carboxylic acids is 1. The van der Waals surface area contributed by atoms with Crippen LogP contribution in [0.3, 0.4) is 0 Å². The van der Waals surface area contributed by atoms with E-state index in [1.54, 1.807) is 24.3 Å². The van der Waals surface area contributed by atoms with Crippen LogP contribution < -0.4 is 5.14 Å². The topological polar surface area (TPSA) is 80.5 Å². The van der Waals surface area contributed by atoms with Crippen molar-refractivity contribution in [1.29, 1.82) is 0 Å². The molecule has 2 N–H and O–H groups in total. The summed E-state index contributed by atoms with van der Waals surface area (Å²) in [6.45, 7) is 0.558. The van der Waals surface area contributed by atoms with Crippen molar-refractivity contribution >= 4 is 27.5 Å². The molecule has 1 aliphatic rings. The lowest BCUT2D eigenvalue weighted by atomic mass is 10.2. The van der Waals surface area contributed by atoms with Gasteiger partial charge in [0.05, 0.1) is 5.25 Å². The van der Waals surface area contributed by atoms with Crippen LogP contribution in [0.25, 0.3) is 0 Å². The van der Waals surface area contributed by atoms with Gasteiger partial charge in [0, 0.05) is 23.7 Å². The van der Waals surface area contributed by atoms with Gasteiger partial charge in [0.1, 0.15) is 0 Å². The van der Waals surface area contributed by atoms with Crippen LogP contribution in [-0.4, -0.2) is 37.6 Å². The number of primary sulfonamides is 1. The SMILES string of the molecule is NS(=O)(=O)C1CCN(C(=O)c2ccc(Cl)cc2)C1. The molecule has 1 aliphatic heterocycles. The van der Waals surface area contributed by atoms with E-state index in [1.165, 1.54) is 4.90 Å². The van der Waals surface area contributed by atoms with Gasteiger partial charge in [0.2, 0.25) is 10.0 Å². The van der Waals surface area contributed by atoms with Crippen molar-refractivity contribution in [3.8, 4) is 0 Å². The third-order valence-corrected chi connectivity index (χ3v) is 4.55. The van der Waals surface area contributed by atoms with Crippen molar-refractivity contribution < 1.29 is 13.2 Å². The van der Waals surface area contributed by atoms with E-state index in [9.17, 15) is 13.2 Å². The number of carbonyl (C=O) groups is 1. The molecule has 2 rings (SSSR count). The maximum atomic E-state index is 12.1. The minimum Gasteiger partial charge on any atom is -0.337 e. The average Bonchev–Trinajstić information content (AvgIpc) is 2.78. The first-order valence-corrected chi connectivity index (χ1v) is 7.43. The van der Waals surface area contributed by atoms with Crippen LogP contribution in [0.1, 0.15) is 16.8 Å². The highest BCUT2D eigenvalue weighted by molar-refractivity contribution is 7.89. The zero-order chi connectivity index (χ0) is 13.3. The lowest BCUT2D eigenvalue weighted by Gasteiger charge is -2.16. The summed E-state index contributed by atoms with van der Waals surface area (Å²) in [7, 11) is -3.57. The quantitative estimate of drug-likeness (QED) is 0.876. The fourth-order valence-corrected chi connectivity index (χ4v) is 2.90. The molecule has 0 saturated carbocycles. The normalized spacial score (nSPS) is 20.1. The van der Waals surface area contributed by atoms with E-state index in [0.29, 0.717) is 23.6 Å². The molecule has 1 atom stereocenters. The molecule has 1 fully saturated rings. The Morgan fingerprint density at radius 3 is 2.44 bits per heavy atom. The first-order chi connectivity index (χ1) is 8.38. The molecule has 5 nitrogen and oxygen atoms in total. The van der Waals surface area contributed by atoms with E-state index in [4.69, 9.17) is 16.7 Å². The van der Waals surface area contributed by atoms with Crippen molar-refractivity contribution in [1.82, 2.24) is 4.90 Å². The number of hydrogen-bond acceptors (Lipinski definition) is 3. The second-order valence-electron chi connectivity index (χ2n) is 4.26. The predicted molar refractivity (Wildman–Crippen MR) is 68.9 cm³/mol. The van der Waals surface area contributed by atoms with Crippen molar-refractivity contribution in [2.45, 2.75) is 11.7 Å². The standard InChI is InChI=1S/C11H13ClN2O3S/c12-9-3-1-8(2-4-9)11(15)14-6-5-10(7-14)18(13,16)17/h1-4,10H,5-7H2,(H2,13,16,17). The molecule has 18 heavy (non-hydrogen) atoms. The second-order valence-corrected chi connectivity index (χ2v) is 6.54. The third-order valence-electron chi connectivity index (χ3n) is 2.99. The molecular weight excluding hydrogens is 276 g/mol. The van der Waals surface area contributed by atoms with Gasteiger partial charge in [-0.15, -0.1) is 0 Å². The van der Waals surface area contributed by atoms with Crippen LogP contribution in [0.2, 0.25) is 5.02 Å². The summed E-state index contributed by atoms with van der Waals surface area (Å²) in [5.41, 5.74) is 0.495. The number of benzene rings is 1. The molecule has 1 saturated heterocycles. The fraction of sp³-hybridized carbons (Fsp3) is 0.364. The monoisotopic (exact) mass is 288 g/mol. The summed E-state index contributed by atoms with van der Waals surface area (Å²) in [6, 6.07) is 6.49. The lowest BCUT2D eigenvalue weighted by molar-refractivity contribution is 0.0793. The van der Waals surface area contributed by atoms with Gasteiger partial charge in [0.25, 0.3) is 5.91 Å². The van der Waals surface area contributed by atoms with Crippen LogP contribution in [-0.2, 0) is 10.0 Å². The molecule has 0 aromatic heterocycles. The minimum absolute atomic E-state index is 0.153. The Hall–Kier alpha value is -1.11. The van der Waals surface area contributed by atoms with E-state index >= 15 is 0 Å². The van der Waals surface area contributed by atoms with Crippen LogP contribution in [0.5, 0.6) is 0 Å². The highest BCUT2D eigenvalue weighted by Crippen LogP contribution is 2.18. The highest BCUT2D eigenvalue weighted by Gasteiger charge is 2.33. The lowest BCUT2D eigenvalue weighted by Crippen LogP contribution is -2.34. The Balaban J connectivity index is 2.10. The average molecular weight is 289 g/mol. The number of halogens is 1. The number of nitrogens with zero attached hydrogens (tertiary/aromatic N) is 1. The third kappa shape index (κ3) is 2.82. The van der Waals surface area contributed by atoms with E-state index in [2.05, 4.69) is 0 Å². The van der Waals surface area contributed by atoms with Crippen LogP contribution >= 0.6 is 11.6 Å². The molecule has 0 radical (unpaired) electrons. The Kier molecular flexibility index (Phi) is 3.61. The number of amides is 1. The van der Waals surface area contributed by atoms with E-state index < -0.39 is 15.3 Å². The molecular formula is C11H13ClN2O3S. The summed E-state index contributed by atoms with van der Waals surface area (Å²) in [6.07, 6.45) is 0.387. The van der Waals surface area contributed by atoms with Gasteiger partial charge < -0.3 is 4.90 Å². The Morgan fingerprint density at radius 1 is 1.33 bits per heavy atom. The van der Waals surface area contributed by atoms with Gasteiger partial charge in [0.15, 0.2) is 0 Å². The Morgan fingerprint density at radius 2 is 1.94 bits per heavy atom. The van der Waals surface area contributed by atoms with Gasteiger partial charge in [-0.25, -0.2) is 13.6 Å². The highest BCUT2D eigenvalue weighted by atomic mass is 35.5. The summed E-state index contributed by atoms with van der Waals surface area (Å²) in [5, 5.41) is 4.97. The zero-order valence-electron chi connectivity index (χ0n) is 9.54. The van der Waals surface area contributed by atoms with Crippen LogP contribution in [0.15, 0.2) is 24.3 Å². The van der Waals surface area contributed by atoms with Gasteiger partial charge >= 0.3 is 0 Å². The number of sulfonamides is 1. The van der Waals surface area contributed by atoms with Crippen molar-refractivity contribution in [2.24, 2.45) is 5.14 Å². The molecule has 1 aromatic carbocycles. The minimum atomic E-state index is -3.57. The maximum absolute atomic E-state index is 12.1. The Bertz CT molecular complexity index is 556. The molecule has 0 spiro atoms. The summed E-state index contributed by atoms with van der Waals surface area (Å²) in [4.78, 5) is 13.6. The molecule has 1 aromatic rings.